The lowest BCUT2D eigenvalue weighted by Crippen LogP contribution is -2.37. The largest absolute Gasteiger partial charge is 0.468 e. The molecule has 0 saturated carbocycles. The first-order chi connectivity index (χ1) is 12.5. The number of guanidine groups is 1. The van der Waals surface area contributed by atoms with E-state index in [0.717, 1.165) is 5.69 Å². The topological polar surface area (TPSA) is 71.4 Å². The van der Waals surface area contributed by atoms with Crippen LogP contribution in [0.4, 0.5) is 13.2 Å². The van der Waals surface area contributed by atoms with E-state index in [1.54, 1.807) is 18.3 Å². The lowest BCUT2D eigenvalue weighted by molar-refractivity contribution is -0.154. The molecule has 0 amide bonds. The predicted octanol–water partition coefficient (Wildman–Crippen LogP) is 3.29. The number of alkyl halides is 3. The van der Waals surface area contributed by atoms with Gasteiger partial charge < -0.3 is 15.4 Å². The smallest absolute Gasteiger partial charge is 0.422 e. The third-order valence-electron chi connectivity index (χ3n) is 3.14. The van der Waals surface area contributed by atoms with Gasteiger partial charge in [-0.15, -0.1) is 24.0 Å². The molecule has 27 heavy (non-hydrogen) atoms. The number of pyridine rings is 2. The van der Waals surface area contributed by atoms with Crippen LogP contribution in [-0.4, -0.2) is 35.3 Å². The van der Waals surface area contributed by atoms with Gasteiger partial charge in [0.15, 0.2) is 12.6 Å². The average Bonchev–Trinajstić information content (AvgIpc) is 2.63. The quantitative estimate of drug-likeness (QED) is 0.351. The molecular formula is C17H21F3IN5O. The number of aromatic nitrogens is 2. The van der Waals surface area contributed by atoms with Crippen molar-refractivity contribution in [2.24, 2.45) is 4.99 Å². The fourth-order valence-electron chi connectivity index (χ4n) is 2.01. The number of hydrogen-bond acceptors (Lipinski definition) is 4. The van der Waals surface area contributed by atoms with Crippen molar-refractivity contribution in [2.45, 2.75) is 26.2 Å². The fourth-order valence-corrected chi connectivity index (χ4v) is 2.01. The number of hydrogen-bond donors (Lipinski definition) is 2. The predicted molar refractivity (Wildman–Crippen MR) is 107 cm³/mol. The second-order valence-corrected chi connectivity index (χ2v) is 5.24. The number of aliphatic imine (C=N–C) groups is 1. The van der Waals surface area contributed by atoms with Crippen molar-refractivity contribution in [3.05, 3.63) is 54.0 Å². The summed E-state index contributed by atoms with van der Waals surface area (Å²) >= 11 is 0. The summed E-state index contributed by atoms with van der Waals surface area (Å²) in [5.74, 6) is 0.443. The maximum absolute atomic E-state index is 12.3. The van der Waals surface area contributed by atoms with Crippen LogP contribution in [-0.2, 0) is 13.1 Å². The Bertz CT molecular complexity index is 713. The zero-order valence-electron chi connectivity index (χ0n) is 14.7. The maximum Gasteiger partial charge on any atom is 0.422 e. The molecule has 2 aromatic heterocycles. The minimum absolute atomic E-state index is 0. The van der Waals surface area contributed by atoms with Gasteiger partial charge in [-0.25, -0.2) is 9.98 Å². The van der Waals surface area contributed by atoms with Gasteiger partial charge in [-0.05, 0) is 25.1 Å². The molecule has 0 aliphatic carbocycles. The Kier molecular flexibility index (Phi) is 9.83. The Balaban J connectivity index is 0.00000364. The molecule has 10 heteroatoms. The van der Waals surface area contributed by atoms with Crippen molar-refractivity contribution in [2.75, 3.05) is 13.2 Å². The van der Waals surface area contributed by atoms with Gasteiger partial charge in [-0.2, -0.15) is 13.2 Å². The van der Waals surface area contributed by atoms with E-state index in [1.165, 1.54) is 6.20 Å². The molecule has 2 aromatic rings. The summed E-state index contributed by atoms with van der Waals surface area (Å²) in [5.41, 5.74) is 1.31. The van der Waals surface area contributed by atoms with E-state index in [4.69, 9.17) is 4.74 Å². The average molecular weight is 495 g/mol. The van der Waals surface area contributed by atoms with Gasteiger partial charge in [-0.1, -0.05) is 12.1 Å². The highest BCUT2D eigenvalue weighted by Crippen LogP contribution is 2.20. The summed E-state index contributed by atoms with van der Waals surface area (Å²) in [6.45, 7) is 1.76. The molecule has 2 rings (SSSR count). The van der Waals surface area contributed by atoms with Crippen LogP contribution in [0.3, 0.4) is 0 Å². The number of rotatable bonds is 7. The van der Waals surface area contributed by atoms with Crippen molar-refractivity contribution in [3.8, 4) is 5.88 Å². The van der Waals surface area contributed by atoms with Crippen LogP contribution in [0.1, 0.15) is 18.2 Å². The summed E-state index contributed by atoms with van der Waals surface area (Å²) in [6.07, 6.45) is -1.35. The third kappa shape index (κ3) is 8.89. The molecule has 0 fully saturated rings. The first-order valence-electron chi connectivity index (χ1n) is 8.03. The van der Waals surface area contributed by atoms with Crippen LogP contribution in [0.5, 0.6) is 5.88 Å². The Hall–Kier alpha value is -2.11. The summed E-state index contributed by atoms with van der Waals surface area (Å²) in [6, 6.07) is 8.84. The molecule has 0 aliphatic heterocycles. The molecule has 6 nitrogen and oxygen atoms in total. The van der Waals surface area contributed by atoms with Gasteiger partial charge in [0, 0.05) is 24.5 Å². The van der Waals surface area contributed by atoms with Crippen LogP contribution < -0.4 is 15.4 Å². The molecule has 2 N–H and O–H groups in total. The van der Waals surface area contributed by atoms with Crippen molar-refractivity contribution >= 4 is 29.9 Å². The highest BCUT2D eigenvalue weighted by molar-refractivity contribution is 14.0. The monoisotopic (exact) mass is 495 g/mol. The molecule has 0 spiro atoms. The normalized spacial score (nSPS) is 11.5. The van der Waals surface area contributed by atoms with Gasteiger partial charge in [0.25, 0.3) is 0 Å². The zero-order valence-corrected chi connectivity index (χ0v) is 17.0. The standard InChI is InChI=1S/C17H20F3N5O.HI/c1-2-21-16(25-11-14-7-3-4-8-22-14)24-10-13-6-5-9-23-15(13)26-12-17(18,19)20;/h3-9H,2,10-12H2,1H3,(H2,21,24,25);1H. The molecule has 0 aliphatic rings. The first kappa shape index (κ1) is 22.9. The van der Waals surface area contributed by atoms with E-state index in [2.05, 4.69) is 25.6 Å². The Morgan fingerprint density at radius 3 is 2.56 bits per heavy atom. The number of nitrogens with zero attached hydrogens (tertiary/aromatic N) is 3. The van der Waals surface area contributed by atoms with E-state index < -0.39 is 12.8 Å². The Morgan fingerprint density at radius 2 is 1.89 bits per heavy atom. The highest BCUT2D eigenvalue weighted by Gasteiger charge is 2.29. The van der Waals surface area contributed by atoms with Gasteiger partial charge in [0.2, 0.25) is 5.88 Å². The molecule has 2 heterocycles. The summed E-state index contributed by atoms with van der Waals surface area (Å²) in [5, 5.41) is 6.19. The summed E-state index contributed by atoms with van der Waals surface area (Å²) < 4.78 is 41.8. The van der Waals surface area contributed by atoms with Gasteiger partial charge in [0.05, 0.1) is 18.8 Å². The SMILES string of the molecule is CCNC(=NCc1cccnc1OCC(F)(F)F)NCc1ccccn1.I. The maximum atomic E-state index is 12.3. The molecule has 0 unspecified atom stereocenters. The minimum Gasteiger partial charge on any atom is -0.468 e. The van der Waals surface area contributed by atoms with Gasteiger partial charge in [0.1, 0.15) is 0 Å². The highest BCUT2D eigenvalue weighted by atomic mass is 127. The first-order valence-corrected chi connectivity index (χ1v) is 8.03. The van der Waals surface area contributed by atoms with E-state index >= 15 is 0 Å². The third-order valence-corrected chi connectivity index (χ3v) is 3.14. The van der Waals surface area contributed by atoms with Gasteiger partial charge in [-0.3, -0.25) is 4.98 Å². The lowest BCUT2D eigenvalue weighted by Gasteiger charge is -2.13. The summed E-state index contributed by atoms with van der Waals surface area (Å²) in [4.78, 5) is 12.4. The molecule has 0 atom stereocenters. The summed E-state index contributed by atoms with van der Waals surface area (Å²) in [7, 11) is 0. The van der Waals surface area contributed by atoms with E-state index in [9.17, 15) is 13.2 Å². The number of nitrogens with one attached hydrogen (secondary N) is 2. The van der Waals surface area contributed by atoms with Crippen LogP contribution in [0.2, 0.25) is 0 Å². The zero-order chi connectivity index (χ0) is 18.8. The van der Waals surface area contributed by atoms with E-state index in [-0.39, 0.29) is 36.4 Å². The number of ether oxygens (including phenoxy) is 1. The molecular weight excluding hydrogens is 474 g/mol. The molecule has 0 saturated heterocycles. The van der Waals surface area contributed by atoms with Crippen molar-refractivity contribution in [1.82, 2.24) is 20.6 Å². The van der Waals surface area contributed by atoms with Crippen LogP contribution in [0.15, 0.2) is 47.7 Å². The molecule has 0 radical (unpaired) electrons. The van der Waals surface area contributed by atoms with Crippen molar-refractivity contribution in [1.29, 1.82) is 0 Å². The van der Waals surface area contributed by atoms with E-state index in [0.29, 0.717) is 24.6 Å². The van der Waals surface area contributed by atoms with E-state index in [1.807, 2.05) is 25.1 Å². The lowest BCUT2D eigenvalue weighted by atomic mass is 10.3. The van der Waals surface area contributed by atoms with Crippen molar-refractivity contribution in [3.63, 3.8) is 0 Å². The van der Waals surface area contributed by atoms with Crippen LogP contribution in [0.25, 0.3) is 0 Å². The Morgan fingerprint density at radius 1 is 1.11 bits per heavy atom. The molecule has 0 aromatic carbocycles. The molecule has 0 bridgehead atoms. The molecule has 148 valence electrons. The van der Waals surface area contributed by atoms with Crippen LogP contribution >= 0.6 is 24.0 Å². The van der Waals surface area contributed by atoms with Crippen LogP contribution in [0, 0.1) is 0 Å². The second-order valence-electron chi connectivity index (χ2n) is 5.24. The Labute approximate surface area is 172 Å². The second kappa shape index (κ2) is 11.6. The number of halogens is 4. The van der Waals surface area contributed by atoms with Gasteiger partial charge >= 0.3 is 6.18 Å². The van der Waals surface area contributed by atoms with Crippen molar-refractivity contribution < 1.29 is 17.9 Å². The minimum atomic E-state index is -4.42. The fraction of sp³-hybridized carbons (Fsp3) is 0.353.